The van der Waals surface area contributed by atoms with E-state index in [1.165, 1.54) is 0 Å². The van der Waals surface area contributed by atoms with Crippen LogP contribution < -0.4 is 11.1 Å². The van der Waals surface area contributed by atoms with Crippen LogP contribution in [-0.4, -0.2) is 31.7 Å². The standard InChI is InChI=1S/C8H18N2O2/c1-4-7(9)8(11)10-6(2)5-12-3/h6-7H,4-5,9H2,1-3H3,(H,10,11)/t6?,7-/m0/s1. The summed E-state index contributed by atoms with van der Waals surface area (Å²) in [6.07, 6.45) is 0.658. The predicted octanol–water partition coefficient (Wildman–Crippen LogP) is -0.125. The van der Waals surface area contributed by atoms with Crippen LogP contribution in [-0.2, 0) is 9.53 Å². The number of nitrogens with two attached hydrogens (primary N) is 1. The van der Waals surface area contributed by atoms with Crippen LogP contribution >= 0.6 is 0 Å². The Hall–Kier alpha value is -0.610. The third-order valence-corrected chi connectivity index (χ3v) is 1.58. The van der Waals surface area contributed by atoms with Gasteiger partial charge in [0.25, 0.3) is 0 Å². The number of hydrogen-bond donors (Lipinski definition) is 2. The fourth-order valence-corrected chi connectivity index (χ4v) is 0.827. The van der Waals surface area contributed by atoms with Crippen molar-refractivity contribution in [3.63, 3.8) is 0 Å². The number of carbonyl (C=O) groups excluding carboxylic acids is 1. The van der Waals surface area contributed by atoms with Gasteiger partial charge in [0.1, 0.15) is 0 Å². The van der Waals surface area contributed by atoms with Crippen LogP contribution in [0.15, 0.2) is 0 Å². The molecule has 0 bridgehead atoms. The van der Waals surface area contributed by atoms with Gasteiger partial charge in [0.15, 0.2) is 0 Å². The number of ether oxygens (including phenoxy) is 1. The highest BCUT2D eigenvalue weighted by molar-refractivity contribution is 5.81. The molecule has 0 spiro atoms. The molecule has 0 aliphatic heterocycles. The largest absolute Gasteiger partial charge is 0.383 e. The molecule has 0 rings (SSSR count). The van der Waals surface area contributed by atoms with Gasteiger partial charge in [0.05, 0.1) is 12.6 Å². The summed E-state index contributed by atoms with van der Waals surface area (Å²) < 4.78 is 4.86. The minimum Gasteiger partial charge on any atom is -0.383 e. The van der Waals surface area contributed by atoms with E-state index in [1.54, 1.807) is 7.11 Å². The summed E-state index contributed by atoms with van der Waals surface area (Å²) in [6, 6.07) is -0.371. The maximum absolute atomic E-state index is 11.2. The molecule has 0 aromatic rings. The van der Waals surface area contributed by atoms with Crippen LogP contribution in [0.3, 0.4) is 0 Å². The van der Waals surface area contributed by atoms with Gasteiger partial charge in [-0.2, -0.15) is 0 Å². The summed E-state index contributed by atoms with van der Waals surface area (Å²) in [4.78, 5) is 11.2. The smallest absolute Gasteiger partial charge is 0.237 e. The van der Waals surface area contributed by atoms with Gasteiger partial charge in [-0.1, -0.05) is 6.92 Å². The lowest BCUT2D eigenvalue weighted by molar-refractivity contribution is -0.123. The number of hydrogen-bond acceptors (Lipinski definition) is 3. The summed E-state index contributed by atoms with van der Waals surface area (Å²) in [5, 5.41) is 2.74. The first-order valence-corrected chi connectivity index (χ1v) is 4.16. The second-order valence-electron chi connectivity index (χ2n) is 2.88. The van der Waals surface area contributed by atoms with Gasteiger partial charge in [0, 0.05) is 13.2 Å². The normalized spacial score (nSPS) is 15.3. The fraction of sp³-hybridized carbons (Fsp3) is 0.875. The second-order valence-corrected chi connectivity index (χ2v) is 2.88. The molecule has 4 nitrogen and oxygen atoms in total. The average Bonchev–Trinajstić information content (AvgIpc) is 2.03. The highest BCUT2D eigenvalue weighted by atomic mass is 16.5. The molecule has 0 aliphatic carbocycles. The van der Waals surface area contributed by atoms with E-state index < -0.39 is 6.04 Å². The van der Waals surface area contributed by atoms with Crippen LogP contribution in [0.4, 0.5) is 0 Å². The van der Waals surface area contributed by atoms with Crippen LogP contribution in [0.1, 0.15) is 20.3 Å². The van der Waals surface area contributed by atoms with Gasteiger partial charge in [-0.25, -0.2) is 0 Å². The number of carbonyl (C=O) groups is 1. The molecule has 2 atom stereocenters. The molecule has 0 aromatic carbocycles. The zero-order chi connectivity index (χ0) is 9.56. The molecule has 1 amide bonds. The molecule has 0 aromatic heterocycles. The van der Waals surface area contributed by atoms with Crippen molar-refractivity contribution in [1.82, 2.24) is 5.32 Å². The molecule has 0 fully saturated rings. The Morgan fingerprint density at radius 2 is 2.25 bits per heavy atom. The van der Waals surface area contributed by atoms with Gasteiger partial charge >= 0.3 is 0 Å². The van der Waals surface area contributed by atoms with Gasteiger partial charge in [-0.15, -0.1) is 0 Å². The molecule has 0 heterocycles. The maximum atomic E-state index is 11.2. The van der Waals surface area contributed by atoms with Crippen LogP contribution in [0.5, 0.6) is 0 Å². The van der Waals surface area contributed by atoms with Crippen LogP contribution in [0.25, 0.3) is 0 Å². The third kappa shape index (κ3) is 4.31. The quantitative estimate of drug-likeness (QED) is 0.610. The van der Waals surface area contributed by atoms with E-state index in [0.717, 1.165) is 0 Å². The Kier molecular flexibility index (Phi) is 5.66. The van der Waals surface area contributed by atoms with Crippen molar-refractivity contribution in [2.24, 2.45) is 5.73 Å². The summed E-state index contributed by atoms with van der Waals surface area (Å²) in [6.45, 7) is 4.27. The molecule has 0 saturated heterocycles. The average molecular weight is 174 g/mol. The molecule has 72 valence electrons. The van der Waals surface area contributed by atoms with Crippen molar-refractivity contribution < 1.29 is 9.53 Å². The molecule has 0 radical (unpaired) electrons. The van der Waals surface area contributed by atoms with E-state index in [9.17, 15) is 4.79 Å². The summed E-state index contributed by atoms with van der Waals surface area (Å²) in [7, 11) is 1.60. The molecule has 0 saturated carbocycles. The fourth-order valence-electron chi connectivity index (χ4n) is 0.827. The first-order valence-electron chi connectivity index (χ1n) is 4.16. The number of methoxy groups -OCH3 is 1. The molecular formula is C8H18N2O2. The molecule has 12 heavy (non-hydrogen) atoms. The van der Waals surface area contributed by atoms with Crippen LogP contribution in [0.2, 0.25) is 0 Å². The maximum Gasteiger partial charge on any atom is 0.237 e. The van der Waals surface area contributed by atoms with Crippen molar-refractivity contribution in [1.29, 1.82) is 0 Å². The Balaban J connectivity index is 3.67. The molecular weight excluding hydrogens is 156 g/mol. The topological polar surface area (TPSA) is 64.4 Å². The molecule has 3 N–H and O–H groups in total. The van der Waals surface area contributed by atoms with Crippen molar-refractivity contribution in [3.05, 3.63) is 0 Å². The van der Waals surface area contributed by atoms with Crippen molar-refractivity contribution in [2.45, 2.75) is 32.4 Å². The van der Waals surface area contributed by atoms with E-state index >= 15 is 0 Å². The van der Waals surface area contributed by atoms with E-state index in [0.29, 0.717) is 13.0 Å². The highest BCUT2D eigenvalue weighted by Crippen LogP contribution is 1.88. The molecule has 4 heteroatoms. The number of amides is 1. The lowest BCUT2D eigenvalue weighted by Crippen LogP contribution is -2.45. The van der Waals surface area contributed by atoms with Crippen LogP contribution in [0, 0.1) is 0 Å². The Morgan fingerprint density at radius 3 is 2.67 bits per heavy atom. The van der Waals surface area contributed by atoms with E-state index in [2.05, 4.69) is 5.32 Å². The lowest BCUT2D eigenvalue weighted by Gasteiger charge is -2.15. The zero-order valence-electron chi connectivity index (χ0n) is 7.96. The van der Waals surface area contributed by atoms with E-state index in [-0.39, 0.29) is 11.9 Å². The Bertz CT molecular complexity index is 139. The second kappa shape index (κ2) is 5.97. The zero-order valence-corrected chi connectivity index (χ0v) is 7.96. The number of nitrogens with one attached hydrogen (secondary N) is 1. The van der Waals surface area contributed by atoms with Gasteiger partial charge < -0.3 is 15.8 Å². The summed E-state index contributed by atoms with van der Waals surface area (Å²) in [5.41, 5.74) is 5.51. The van der Waals surface area contributed by atoms with E-state index in [1.807, 2.05) is 13.8 Å². The summed E-state index contributed by atoms with van der Waals surface area (Å²) >= 11 is 0. The van der Waals surface area contributed by atoms with Crippen molar-refractivity contribution in [2.75, 3.05) is 13.7 Å². The SMILES string of the molecule is CC[C@H](N)C(=O)NC(C)COC. The molecule has 1 unspecified atom stereocenters. The highest BCUT2D eigenvalue weighted by Gasteiger charge is 2.12. The van der Waals surface area contributed by atoms with E-state index in [4.69, 9.17) is 10.5 Å². The number of rotatable bonds is 5. The Labute approximate surface area is 73.5 Å². The van der Waals surface area contributed by atoms with Crippen molar-refractivity contribution >= 4 is 5.91 Å². The van der Waals surface area contributed by atoms with Crippen molar-refractivity contribution in [3.8, 4) is 0 Å². The first kappa shape index (κ1) is 11.4. The first-order chi connectivity index (χ1) is 5.61. The van der Waals surface area contributed by atoms with Gasteiger partial charge in [-0.3, -0.25) is 4.79 Å². The monoisotopic (exact) mass is 174 g/mol. The van der Waals surface area contributed by atoms with Gasteiger partial charge in [-0.05, 0) is 13.3 Å². The predicted molar refractivity (Wildman–Crippen MR) is 47.7 cm³/mol. The molecule has 0 aliphatic rings. The Morgan fingerprint density at radius 1 is 1.67 bits per heavy atom. The summed E-state index contributed by atoms with van der Waals surface area (Å²) in [5.74, 6) is -0.109. The minimum atomic E-state index is -0.399. The van der Waals surface area contributed by atoms with Gasteiger partial charge in [0.2, 0.25) is 5.91 Å². The minimum absolute atomic E-state index is 0.0279. The third-order valence-electron chi connectivity index (χ3n) is 1.58. The lowest BCUT2D eigenvalue weighted by atomic mass is 10.2.